The monoisotopic (exact) mass is 194 g/mol. The Labute approximate surface area is 72.2 Å². The van der Waals surface area contributed by atoms with Crippen LogP contribution in [0.4, 0.5) is 0 Å². The largest absolute Gasteiger partial charge is 0.388 e. The highest BCUT2D eigenvalue weighted by Gasteiger charge is 2.14. The number of hydrogen-bond donors (Lipinski definition) is 3. The molecule has 0 aliphatic rings. The zero-order valence-electron chi connectivity index (χ0n) is 6.95. The number of rotatable bonds is 5. The lowest BCUT2D eigenvalue weighted by Crippen LogP contribution is -2.38. The van der Waals surface area contributed by atoms with Gasteiger partial charge in [0.1, 0.15) is 0 Å². The highest BCUT2D eigenvalue weighted by molar-refractivity contribution is 7.86. The van der Waals surface area contributed by atoms with Crippen molar-refractivity contribution in [2.75, 3.05) is 13.1 Å². The fourth-order valence-electron chi connectivity index (χ4n) is 0.710. The molecule has 0 atom stereocenters. The summed E-state index contributed by atoms with van der Waals surface area (Å²) in [6.07, 6.45) is 0.213. The number of nitrogens with zero attached hydrogens (tertiary/aromatic N) is 1. The summed E-state index contributed by atoms with van der Waals surface area (Å²) < 4.78 is 22.6. The van der Waals surface area contributed by atoms with Crippen LogP contribution in [-0.2, 0) is 10.2 Å². The van der Waals surface area contributed by atoms with Crippen LogP contribution in [0.5, 0.6) is 0 Å². The van der Waals surface area contributed by atoms with Crippen LogP contribution in [0.3, 0.4) is 0 Å². The summed E-state index contributed by atoms with van der Waals surface area (Å²) in [5.41, 5.74) is 5.06. The lowest BCUT2D eigenvalue weighted by atomic mass is 10.4. The fraction of sp³-hybridized carbons (Fsp3) is 0.800. The van der Waals surface area contributed by atoms with Crippen LogP contribution in [0.2, 0.25) is 0 Å². The van der Waals surface area contributed by atoms with Crippen LogP contribution in [0.1, 0.15) is 13.3 Å². The first-order valence-electron chi connectivity index (χ1n) is 3.48. The Balaban J connectivity index is 4.11. The van der Waals surface area contributed by atoms with Crippen LogP contribution in [0.15, 0.2) is 0 Å². The van der Waals surface area contributed by atoms with Crippen molar-refractivity contribution in [2.24, 2.45) is 10.9 Å². The third-order valence-electron chi connectivity index (χ3n) is 1.34. The standard InChI is InChI=1S/C5H14N4O2S/c1-2-9(12(8,10)11)4-3-5(6)7/h2-4H2,1H3,(H3,6,7)(H2,8,10,11). The van der Waals surface area contributed by atoms with Crippen molar-refractivity contribution in [3.63, 3.8) is 0 Å². The van der Waals surface area contributed by atoms with Crippen molar-refractivity contribution in [1.82, 2.24) is 4.31 Å². The first kappa shape index (κ1) is 11.3. The van der Waals surface area contributed by atoms with Crippen molar-refractivity contribution < 1.29 is 8.42 Å². The fourth-order valence-corrected chi connectivity index (χ4v) is 1.42. The summed E-state index contributed by atoms with van der Waals surface area (Å²) in [6.45, 7) is 2.14. The van der Waals surface area contributed by atoms with E-state index in [1.165, 1.54) is 0 Å². The second-order valence-corrected chi connectivity index (χ2v) is 3.86. The highest BCUT2D eigenvalue weighted by atomic mass is 32.2. The SMILES string of the molecule is CCN(CCC(=N)N)S(N)(=O)=O. The molecule has 0 fully saturated rings. The van der Waals surface area contributed by atoms with Crippen LogP contribution in [0.25, 0.3) is 0 Å². The summed E-state index contributed by atoms with van der Waals surface area (Å²) in [5.74, 6) is -0.0444. The Morgan fingerprint density at radius 3 is 2.33 bits per heavy atom. The van der Waals surface area contributed by atoms with E-state index >= 15 is 0 Å². The summed E-state index contributed by atoms with van der Waals surface area (Å²) in [7, 11) is -3.63. The van der Waals surface area contributed by atoms with Crippen LogP contribution in [-0.4, -0.2) is 31.6 Å². The van der Waals surface area contributed by atoms with Gasteiger partial charge in [-0.2, -0.15) is 12.7 Å². The molecular formula is C5H14N4O2S. The number of amidine groups is 1. The van der Waals surface area contributed by atoms with Crippen LogP contribution < -0.4 is 10.9 Å². The van der Waals surface area contributed by atoms with Crippen molar-refractivity contribution in [3.05, 3.63) is 0 Å². The molecule has 7 heteroatoms. The van der Waals surface area contributed by atoms with Crippen LogP contribution >= 0.6 is 0 Å². The van der Waals surface area contributed by atoms with Crippen LogP contribution in [0, 0.1) is 5.41 Å². The molecule has 0 rings (SSSR count). The zero-order valence-corrected chi connectivity index (χ0v) is 7.76. The molecule has 0 aliphatic heterocycles. The molecule has 5 N–H and O–H groups in total. The minimum Gasteiger partial charge on any atom is -0.388 e. The first-order valence-corrected chi connectivity index (χ1v) is 4.99. The minimum atomic E-state index is -3.63. The lowest BCUT2D eigenvalue weighted by molar-refractivity contribution is 0.437. The van der Waals surface area contributed by atoms with E-state index in [2.05, 4.69) is 0 Å². The normalized spacial score (nSPS) is 11.9. The average molecular weight is 194 g/mol. The van der Waals surface area contributed by atoms with Gasteiger partial charge in [-0.25, -0.2) is 5.14 Å². The maximum atomic E-state index is 10.8. The van der Waals surface area contributed by atoms with E-state index in [0.717, 1.165) is 4.31 Å². The Hall–Kier alpha value is -0.660. The maximum Gasteiger partial charge on any atom is 0.276 e. The van der Waals surface area contributed by atoms with Gasteiger partial charge in [0, 0.05) is 19.5 Å². The quantitative estimate of drug-likeness (QED) is 0.379. The molecule has 0 aliphatic carbocycles. The molecule has 0 unspecified atom stereocenters. The van der Waals surface area contributed by atoms with Gasteiger partial charge in [0.2, 0.25) is 0 Å². The van der Waals surface area contributed by atoms with E-state index < -0.39 is 10.2 Å². The molecule has 0 spiro atoms. The number of nitrogens with two attached hydrogens (primary N) is 2. The van der Waals surface area contributed by atoms with Crippen molar-refractivity contribution in [2.45, 2.75) is 13.3 Å². The van der Waals surface area contributed by atoms with Crippen molar-refractivity contribution >= 4 is 16.0 Å². The smallest absolute Gasteiger partial charge is 0.276 e. The molecule has 0 heterocycles. The Morgan fingerprint density at radius 2 is 2.08 bits per heavy atom. The third-order valence-corrected chi connectivity index (χ3v) is 2.50. The van der Waals surface area contributed by atoms with Gasteiger partial charge < -0.3 is 5.73 Å². The molecule has 6 nitrogen and oxygen atoms in total. The van der Waals surface area contributed by atoms with E-state index in [1.54, 1.807) is 6.92 Å². The lowest BCUT2D eigenvalue weighted by Gasteiger charge is -2.16. The predicted molar refractivity (Wildman–Crippen MR) is 46.9 cm³/mol. The van der Waals surface area contributed by atoms with Gasteiger partial charge in [-0.15, -0.1) is 0 Å². The highest BCUT2D eigenvalue weighted by Crippen LogP contribution is 1.95. The van der Waals surface area contributed by atoms with Gasteiger partial charge in [-0.05, 0) is 0 Å². The first-order chi connectivity index (χ1) is 5.38. The summed E-state index contributed by atoms with van der Waals surface area (Å²) in [4.78, 5) is 0. The molecule has 0 radical (unpaired) electrons. The number of nitrogens with one attached hydrogen (secondary N) is 1. The van der Waals surface area contributed by atoms with Gasteiger partial charge in [0.25, 0.3) is 10.2 Å². The van der Waals surface area contributed by atoms with Gasteiger partial charge >= 0.3 is 0 Å². The number of hydrogen-bond acceptors (Lipinski definition) is 3. The van der Waals surface area contributed by atoms with Gasteiger partial charge in [-0.3, -0.25) is 5.41 Å². The zero-order chi connectivity index (χ0) is 9.78. The molecule has 0 bridgehead atoms. The van der Waals surface area contributed by atoms with Gasteiger partial charge in [0.15, 0.2) is 0 Å². The third kappa shape index (κ3) is 4.27. The van der Waals surface area contributed by atoms with E-state index in [0.29, 0.717) is 6.54 Å². The van der Waals surface area contributed by atoms with E-state index in [-0.39, 0.29) is 18.8 Å². The molecular weight excluding hydrogens is 180 g/mol. The molecule has 0 saturated carbocycles. The molecule has 72 valence electrons. The molecule has 0 saturated heterocycles. The topological polar surface area (TPSA) is 113 Å². The minimum absolute atomic E-state index is 0.0444. The van der Waals surface area contributed by atoms with Crippen molar-refractivity contribution in [1.29, 1.82) is 5.41 Å². The van der Waals surface area contributed by atoms with E-state index in [4.69, 9.17) is 16.3 Å². The Kier molecular flexibility index (Phi) is 4.15. The predicted octanol–water partition coefficient (Wildman–Crippen LogP) is -1.16. The molecule has 0 aromatic rings. The van der Waals surface area contributed by atoms with E-state index in [9.17, 15) is 8.42 Å². The molecule has 12 heavy (non-hydrogen) atoms. The summed E-state index contributed by atoms with van der Waals surface area (Å²) in [6, 6.07) is 0. The van der Waals surface area contributed by atoms with E-state index in [1.807, 2.05) is 0 Å². The Bertz CT molecular complexity index is 248. The van der Waals surface area contributed by atoms with Gasteiger partial charge in [0.05, 0.1) is 5.84 Å². The summed E-state index contributed by atoms with van der Waals surface area (Å²) >= 11 is 0. The molecule has 0 amide bonds. The molecule has 0 aromatic heterocycles. The molecule has 0 aromatic carbocycles. The second kappa shape index (κ2) is 4.39. The Morgan fingerprint density at radius 1 is 1.58 bits per heavy atom. The maximum absolute atomic E-state index is 10.8. The second-order valence-electron chi connectivity index (χ2n) is 2.31. The summed E-state index contributed by atoms with van der Waals surface area (Å²) in [5, 5.41) is 11.7. The van der Waals surface area contributed by atoms with Crippen molar-refractivity contribution in [3.8, 4) is 0 Å². The van der Waals surface area contributed by atoms with Gasteiger partial charge in [-0.1, -0.05) is 6.92 Å². The average Bonchev–Trinajstić information content (AvgIpc) is 1.85.